The monoisotopic (exact) mass is 437 g/mol. The van der Waals surface area contributed by atoms with E-state index >= 15 is 0 Å². The Morgan fingerprint density at radius 1 is 1.16 bits per heavy atom. The highest BCUT2D eigenvalue weighted by Gasteiger charge is 2.16. The third-order valence-corrected chi connectivity index (χ3v) is 4.42. The number of carboxylic acid groups (broad SMARTS) is 1. The first-order valence-electron chi connectivity index (χ1n) is 8.59. The molecule has 0 aliphatic heterocycles. The van der Waals surface area contributed by atoms with Crippen molar-refractivity contribution < 1.29 is 24.0 Å². The molecular formula is C21H12ClN3O6. The fourth-order valence-corrected chi connectivity index (χ4v) is 2.77. The van der Waals surface area contributed by atoms with Gasteiger partial charge in [-0.25, -0.2) is 4.79 Å². The van der Waals surface area contributed by atoms with Gasteiger partial charge in [-0.1, -0.05) is 23.7 Å². The second-order valence-corrected chi connectivity index (χ2v) is 6.54. The number of aromatic carboxylic acids is 1. The zero-order chi connectivity index (χ0) is 22.5. The number of nitro groups is 1. The Labute approximate surface area is 179 Å². The molecule has 154 valence electrons. The first-order chi connectivity index (χ1) is 14.8. The molecule has 2 aromatic carbocycles. The van der Waals surface area contributed by atoms with Crippen LogP contribution in [0.2, 0.25) is 5.02 Å². The number of amides is 1. The summed E-state index contributed by atoms with van der Waals surface area (Å²) in [6, 6.07) is 14.6. The lowest BCUT2D eigenvalue weighted by atomic mass is 10.1. The fourth-order valence-electron chi connectivity index (χ4n) is 2.58. The van der Waals surface area contributed by atoms with E-state index < -0.39 is 16.8 Å². The summed E-state index contributed by atoms with van der Waals surface area (Å²) in [6.45, 7) is 0. The van der Waals surface area contributed by atoms with Crippen molar-refractivity contribution in [2.75, 3.05) is 5.32 Å². The predicted molar refractivity (Wildman–Crippen MR) is 111 cm³/mol. The zero-order valence-corrected chi connectivity index (χ0v) is 16.3. The number of carboxylic acids is 1. The fraction of sp³-hybridized carbons (Fsp3) is 0. The molecule has 0 fully saturated rings. The van der Waals surface area contributed by atoms with Gasteiger partial charge in [-0.05, 0) is 36.4 Å². The topological polar surface area (TPSA) is 146 Å². The molecule has 0 bridgehead atoms. The van der Waals surface area contributed by atoms with Crippen molar-refractivity contribution in [3.63, 3.8) is 0 Å². The Hall–Kier alpha value is -4.42. The predicted octanol–water partition coefficient (Wildman–Crippen LogP) is 4.75. The molecule has 1 amide bonds. The van der Waals surface area contributed by atoms with Gasteiger partial charge in [0.1, 0.15) is 28.2 Å². The summed E-state index contributed by atoms with van der Waals surface area (Å²) < 4.78 is 5.61. The van der Waals surface area contributed by atoms with Crippen LogP contribution in [-0.2, 0) is 4.79 Å². The summed E-state index contributed by atoms with van der Waals surface area (Å²) in [5.74, 6) is -1.21. The molecule has 0 radical (unpaired) electrons. The molecule has 0 aliphatic rings. The average molecular weight is 438 g/mol. The lowest BCUT2D eigenvalue weighted by Crippen LogP contribution is -2.13. The number of nitriles is 1. The number of halogens is 1. The highest BCUT2D eigenvalue weighted by molar-refractivity contribution is 6.32. The molecule has 10 heteroatoms. The van der Waals surface area contributed by atoms with Gasteiger partial charge in [0, 0.05) is 23.4 Å². The van der Waals surface area contributed by atoms with E-state index in [2.05, 4.69) is 5.32 Å². The van der Waals surface area contributed by atoms with Gasteiger partial charge in [0.15, 0.2) is 0 Å². The normalized spacial score (nSPS) is 10.9. The molecule has 2 N–H and O–H groups in total. The number of rotatable bonds is 6. The summed E-state index contributed by atoms with van der Waals surface area (Å²) in [6.07, 6.45) is 1.22. The van der Waals surface area contributed by atoms with Crippen molar-refractivity contribution >= 4 is 40.9 Å². The van der Waals surface area contributed by atoms with Gasteiger partial charge < -0.3 is 14.8 Å². The first kappa shape index (κ1) is 21.3. The van der Waals surface area contributed by atoms with Crippen LogP contribution in [0.15, 0.2) is 64.6 Å². The van der Waals surface area contributed by atoms with E-state index in [9.17, 15) is 25.0 Å². The van der Waals surface area contributed by atoms with E-state index in [0.717, 1.165) is 6.07 Å². The second-order valence-electron chi connectivity index (χ2n) is 6.13. The standard InChI is InChI=1S/C21H12ClN3O6/c22-17-7-5-15(10-18(17)25(29)30)24-20(26)14(11-23)9-16-6-8-19(31-16)12-1-3-13(4-2-12)21(27)28/h1-10H,(H,24,26)(H,27,28). The van der Waals surface area contributed by atoms with Gasteiger partial charge in [0.25, 0.3) is 11.6 Å². The van der Waals surface area contributed by atoms with Crippen LogP contribution < -0.4 is 5.32 Å². The molecule has 1 aromatic heterocycles. The molecule has 0 unspecified atom stereocenters. The minimum absolute atomic E-state index is 0.0847. The van der Waals surface area contributed by atoms with Crippen LogP contribution in [0, 0.1) is 21.4 Å². The third-order valence-electron chi connectivity index (χ3n) is 4.10. The molecule has 0 saturated heterocycles. The number of hydrogen-bond acceptors (Lipinski definition) is 6. The number of nitro benzene ring substituents is 1. The van der Waals surface area contributed by atoms with E-state index in [1.54, 1.807) is 24.3 Å². The Bertz CT molecular complexity index is 1250. The summed E-state index contributed by atoms with van der Waals surface area (Å²) in [7, 11) is 0. The van der Waals surface area contributed by atoms with Gasteiger partial charge >= 0.3 is 5.97 Å². The average Bonchev–Trinajstić information content (AvgIpc) is 3.21. The van der Waals surface area contributed by atoms with Crippen molar-refractivity contribution in [2.24, 2.45) is 0 Å². The van der Waals surface area contributed by atoms with Crippen molar-refractivity contribution in [1.29, 1.82) is 5.26 Å². The lowest BCUT2D eigenvalue weighted by Gasteiger charge is -2.04. The summed E-state index contributed by atoms with van der Waals surface area (Å²) >= 11 is 5.74. The second kappa shape index (κ2) is 8.94. The van der Waals surface area contributed by atoms with Crippen molar-refractivity contribution in [3.8, 4) is 17.4 Å². The number of anilines is 1. The van der Waals surface area contributed by atoms with Gasteiger partial charge in [-0.2, -0.15) is 5.26 Å². The van der Waals surface area contributed by atoms with Gasteiger partial charge in [-0.3, -0.25) is 14.9 Å². The van der Waals surface area contributed by atoms with E-state index in [1.165, 1.54) is 36.4 Å². The number of furan rings is 1. The highest BCUT2D eigenvalue weighted by Crippen LogP contribution is 2.28. The van der Waals surface area contributed by atoms with Crippen LogP contribution in [-0.4, -0.2) is 21.9 Å². The van der Waals surface area contributed by atoms with Crippen LogP contribution in [0.1, 0.15) is 16.1 Å². The molecule has 9 nitrogen and oxygen atoms in total. The van der Waals surface area contributed by atoms with E-state index in [-0.39, 0.29) is 33.3 Å². The maximum absolute atomic E-state index is 12.4. The minimum Gasteiger partial charge on any atom is -0.478 e. The third kappa shape index (κ3) is 4.95. The molecule has 0 spiro atoms. The van der Waals surface area contributed by atoms with E-state index in [4.69, 9.17) is 21.1 Å². The molecule has 0 atom stereocenters. The van der Waals surface area contributed by atoms with E-state index in [1.807, 2.05) is 0 Å². The Morgan fingerprint density at radius 3 is 2.48 bits per heavy atom. The lowest BCUT2D eigenvalue weighted by molar-refractivity contribution is -0.384. The Kier molecular flexibility index (Phi) is 6.14. The van der Waals surface area contributed by atoms with Crippen molar-refractivity contribution in [3.05, 3.63) is 86.6 Å². The minimum atomic E-state index is -1.05. The number of benzene rings is 2. The van der Waals surface area contributed by atoms with Crippen LogP contribution in [0.3, 0.4) is 0 Å². The number of carbonyl (C=O) groups is 2. The van der Waals surface area contributed by atoms with Gasteiger partial charge in [-0.15, -0.1) is 0 Å². The maximum Gasteiger partial charge on any atom is 0.335 e. The Balaban J connectivity index is 1.80. The van der Waals surface area contributed by atoms with Gasteiger partial charge in [0.05, 0.1) is 10.5 Å². The quantitative estimate of drug-likeness (QED) is 0.244. The molecule has 3 aromatic rings. The summed E-state index contributed by atoms with van der Waals surface area (Å²) in [5.41, 5.74) is 0.162. The smallest absolute Gasteiger partial charge is 0.335 e. The van der Waals surface area contributed by atoms with E-state index in [0.29, 0.717) is 11.3 Å². The number of nitrogens with zero attached hydrogens (tertiary/aromatic N) is 2. The molecular weight excluding hydrogens is 426 g/mol. The van der Waals surface area contributed by atoms with Gasteiger partial charge in [0.2, 0.25) is 0 Å². The van der Waals surface area contributed by atoms with Crippen molar-refractivity contribution in [1.82, 2.24) is 0 Å². The number of hydrogen-bond donors (Lipinski definition) is 2. The van der Waals surface area contributed by atoms with Crippen LogP contribution in [0.4, 0.5) is 11.4 Å². The molecule has 1 heterocycles. The van der Waals surface area contributed by atoms with Crippen LogP contribution in [0.5, 0.6) is 0 Å². The zero-order valence-electron chi connectivity index (χ0n) is 15.5. The van der Waals surface area contributed by atoms with Crippen LogP contribution in [0.25, 0.3) is 17.4 Å². The largest absolute Gasteiger partial charge is 0.478 e. The van der Waals surface area contributed by atoms with Crippen molar-refractivity contribution in [2.45, 2.75) is 0 Å². The first-order valence-corrected chi connectivity index (χ1v) is 8.97. The number of carbonyl (C=O) groups excluding carboxylic acids is 1. The highest BCUT2D eigenvalue weighted by atomic mass is 35.5. The molecule has 3 rings (SSSR count). The Morgan fingerprint density at radius 2 is 1.87 bits per heavy atom. The number of nitrogens with one attached hydrogen (secondary N) is 1. The molecule has 0 aliphatic carbocycles. The molecule has 0 saturated carbocycles. The molecule has 31 heavy (non-hydrogen) atoms. The summed E-state index contributed by atoms with van der Waals surface area (Å²) in [4.78, 5) is 33.6. The summed E-state index contributed by atoms with van der Waals surface area (Å²) in [5, 5.41) is 31.6. The van der Waals surface area contributed by atoms with Crippen LogP contribution >= 0.6 is 11.6 Å². The SMILES string of the molecule is N#CC(=Cc1ccc(-c2ccc(C(=O)O)cc2)o1)C(=O)Nc1ccc(Cl)c([N+](=O)[O-])c1. The maximum atomic E-state index is 12.4.